The van der Waals surface area contributed by atoms with E-state index in [1.807, 2.05) is 49.4 Å². The van der Waals surface area contributed by atoms with Crippen molar-refractivity contribution in [3.8, 4) is 11.4 Å². The van der Waals surface area contributed by atoms with Crippen molar-refractivity contribution in [1.82, 2.24) is 25.1 Å². The molecule has 1 amide bonds. The zero-order valence-corrected chi connectivity index (χ0v) is 16.0. The highest BCUT2D eigenvalue weighted by Crippen LogP contribution is 2.20. The van der Waals surface area contributed by atoms with Gasteiger partial charge in [-0.05, 0) is 49.7 Å². The van der Waals surface area contributed by atoms with E-state index in [4.69, 9.17) is 0 Å². The largest absolute Gasteiger partial charge is 0.324 e. The fourth-order valence-corrected chi connectivity index (χ4v) is 3.41. The first-order chi connectivity index (χ1) is 13.7. The molecule has 1 aromatic heterocycles. The Kier molecular flexibility index (Phi) is 5.43. The van der Waals surface area contributed by atoms with E-state index >= 15 is 0 Å². The predicted molar refractivity (Wildman–Crippen MR) is 108 cm³/mol. The summed E-state index contributed by atoms with van der Waals surface area (Å²) in [6.45, 7) is 5.15. The van der Waals surface area contributed by atoms with E-state index in [1.54, 1.807) is 0 Å². The number of nitrogens with one attached hydrogen (secondary N) is 1. The SMILES string of the molecule is Cc1ccc(-c2nnn(CC(=O)Nc3ccccc3CN3CCCC3)n2)cc1. The highest BCUT2D eigenvalue weighted by Gasteiger charge is 2.15. The van der Waals surface area contributed by atoms with Crippen LogP contribution >= 0.6 is 0 Å². The predicted octanol–water partition coefficient (Wildman–Crippen LogP) is 2.88. The third-order valence-corrected chi connectivity index (χ3v) is 4.93. The summed E-state index contributed by atoms with van der Waals surface area (Å²) in [6.07, 6.45) is 2.49. The van der Waals surface area contributed by atoms with Crippen molar-refractivity contribution in [2.24, 2.45) is 0 Å². The molecule has 0 atom stereocenters. The fourth-order valence-electron chi connectivity index (χ4n) is 3.41. The number of likely N-dealkylation sites (tertiary alicyclic amines) is 1. The third-order valence-electron chi connectivity index (χ3n) is 4.93. The van der Waals surface area contributed by atoms with Gasteiger partial charge >= 0.3 is 0 Å². The Hall–Kier alpha value is -3.06. The molecule has 0 spiro atoms. The molecule has 0 unspecified atom stereocenters. The van der Waals surface area contributed by atoms with Crippen LogP contribution in [-0.2, 0) is 17.9 Å². The number of aryl methyl sites for hydroxylation is 1. The molecular weight excluding hydrogens is 352 g/mol. The molecule has 2 heterocycles. The summed E-state index contributed by atoms with van der Waals surface area (Å²) in [5.41, 5.74) is 4.03. The Bertz CT molecular complexity index is 944. The van der Waals surface area contributed by atoms with Crippen molar-refractivity contribution in [3.05, 3.63) is 59.7 Å². The van der Waals surface area contributed by atoms with Crippen molar-refractivity contribution in [1.29, 1.82) is 0 Å². The minimum absolute atomic E-state index is 0.0247. The maximum absolute atomic E-state index is 12.5. The van der Waals surface area contributed by atoms with Gasteiger partial charge in [-0.25, -0.2) is 0 Å². The Morgan fingerprint density at radius 3 is 2.61 bits per heavy atom. The molecule has 1 aliphatic rings. The van der Waals surface area contributed by atoms with Crippen molar-refractivity contribution >= 4 is 11.6 Å². The van der Waals surface area contributed by atoms with Crippen LogP contribution in [0, 0.1) is 6.92 Å². The van der Waals surface area contributed by atoms with Crippen molar-refractivity contribution < 1.29 is 4.79 Å². The molecule has 1 aliphatic heterocycles. The zero-order chi connectivity index (χ0) is 19.3. The minimum atomic E-state index is -0.165. The molecule has 144 valence electrons. The van der Waals surface area contributed by atoms with Crippen LogP contribution in [0.5, 0.6) is 0 Å². The van der Waals surface area contributed by atoms with Crippen LogP contribution in [0.4, 0.5) is 5.69 Å². The van der Waals surface area contributed by atoms with Crippen LogP contribution in [-0.4, -0.2) is 44.1 Å². The smallest absolute Gasteiger partial charge is 0.248 e. The number of carbonyl (C=O) groups excluding carboxylic acids is 1. The third kappa shape index (κ3) is 4.43. The first-order valence-corrected chi connectivity index (χ1v) is 9.62. The van der Waals surface area contributed by atoms with Gasteiger partial charge < -0.3 is 5.32 Å². The quantitative estimate of drug-likeness (QED) is 0.716. The monoisotopic (exact) mass is 376 g/mol. The summed E-state index contributed by atoms with van der Waals surface area (Å²) in [5.74, 6) is 0.351. The number of carbonyl (C=O) groups is 1. The van der Waals surface area contributed by atoms with Crippen molar-refractivity contribution in [3.63, 3.8) is 0 Å². The molecule has 28 heavy (non-hydrogen) atoms. The topological polar surface area (TPSA) is 75.9 Å². The zero-order valence-electron chi connectivity index (χ0n) is 16.0. The van der Waals surface area contributed by atoms with E-state index in [0.717, 1.165) is 36.4 Å². The Balaban J connectivity index is 1.40. The first kappa shape index (κ1) is 18.3. The second kappa shape index (κ2) is 8.31. The van der Waals surface area contributed by atoms with Gasteiger partial charge in [-0.1, -0.05) is 48.0 Å². The molecule has 0 radical (unpaired) electrons. The summed E-state index contributed by atoms with van der Waals surface area (Å²) in [6, 6.07) is 15.9. The van der Waals surface area contributed by atoms with Gasteiger partial charge in [0.1, 0.15) is 6.54 Å². The summed E-state index contributed by atoms with van der Waals surface area (Å²) in [4.78, 5) is 16.2. The maximum atomic E-state index is 12.5. The molecule has 7 heteroatoms. The molecule has 1 fully saturated rings. The van der Waals surface area contributed by atoms with Crippen LogP contribution in [0.15, 0.2) is 48.5 Å². The minimum Gasteiger partial charge on any atom is -0.324 e. The molecule has 0 saturated carbocycles. The van der Waals surface area contributed by atoms with Gasteiger partial charge in [0.2, 0.25) is 11.7 Å². The van der Waals surface area contributed by atoms with Gasteiger partial charge in [0.15, 0.2) is 0 Å². The molecule has 0 bridgehead atoms. The van der Waals surface area contributed by atoms with Crippen molar-refractivity contribution in [2.75, 3.05) is 18.4 Å². The average molecular weight is 376 g/mol. The van der Waals surface area contributed by atoms with Gasteiger partial charge in [0.25, 0.3) is 0 Å². The van der Waals surface area contributed by atoms with E-state index in [1.165, 1.54) is 23.2 Å². The van der Waals surface area contributed by atoms with Gasteiger partial charge in [-0.2, -0.15) is 4.80 Å². The lowest BCUT2D eigenvalue weighted by molar-refractivity contribution is -0.117. The number of nitrogens with zero attached hydrogens (tertiary/aromatic N) is 5. The fraction of sp³-hybridized carbons (Fsp3) is 0.333. The van der Waals surface area contributed by atoms with E-state index in [-0.39, 0.29) is 12.5 Å². The van der Waals surface area contributed by atoms with Gasteiger partial charge in [-0.3, -0.25) is 9.69 Å². The molecule has 4 rings (SSSR count). The Morgan fingerprint density at radius 1 is 1.07 bits per heavy atom. The summed E-state index contributed by atoms with van der Waals surface area (Å²) < 4.78 is 0. The number of aromatic nitrogens is 4. The number of amides is 1. The highest BCUT2D eigenvalue weighted by molar-refractivity contribution is 5.91. The molecule has 7 nitrogen and oxygen atoms in total. The number of benzene rings is 2. The van der Waals surface area contributed by atoms with Crippen LogP contribution in [0.2, 0.25) is 0 Å². The Morgan fingerprint density at radius 2 is 1.82 bits per heavy atom. The van der Waals surface area contributed by atoms with Crippen LogP contribution < -0.4 is 5.32 Å². The van der Waals surface area contributed by atoms with E-state index < -0.39 is 0 Å². The lowest BCUT2D eigenvalue weighted by Crippen LogP contribution is -2.23. The lowest BCUT2D eigenvalue weighted by atomic mass is 10.1. The van der Waals surface area contributed by atoms with Gasteiger partial charge in [0.05, 0.1) is 0 Å². The molecular formula is C21H24N6O. The van der Waals surface area contributed by atoms with Crippen LogP contribution in [0.25, 0.3) is 11.4 Å². The summed E-state index contributed by atoms with van der Waals surface area (Å²) in [7, 11) is 0. The molecule has 1 saturated heterocycles. The van der Waals surface area contributed by atoms with Crippen LogP contribution in [0.1, 0.15) is 24.0 Å². The second-order valence-corrected chi connectivity index (χ2v) is 7.20. The lowest BCUT2D eigenvalue weighted by Gasteiger charge is -2.17. The van der Waals surface area contributed by atoms with Gasteiger partial charge in [0, 0.05) is 17.8 Å². The molecule has 2 aromatic carbocycles. The standard InChI is InChI=1S/C21H24N6O/c1-16-8-10-17(11-9-16)21-23-25-27(24-21)15-20(28)22-19-7-3-2-6-18(19)14-26-12-4-5-13-26/h2-3,6-11H,4-5,12-15H2,1H3,(H,22,28). The van der Waals surface area contributed by atoms with Gasteiger partial charge in [-0.15, -0.1) is 10.2 Å². The van der Waals surface area contributed by atoms with E-state index in [0.29, 0.717) is 5.82 Å². The van der Waals surface area contributed by atoms with E-state index in [9.17, 15) is 4.79 Å². The Labute approximate surface area is 164 Å². The number of hydrogen-bond donors (Lipinski definition) is 1. The number of rotatable bonds is 6. The highest BCUT2D eigenvalue weighted by atomic mass is 16.2. The first-order valence-electron chi connectivity index (χ1n) is 9.62. The summed E-state index contributed by atoms with van der Waals surface area (Å²) in [5, 5.41) is 15.4. The normalized spacial score (nSPS) is 14.3. The molecule has 1 N–H and O–H groups in total. The maximum Gasteiger partial charge on any atom is 0.248 e. The van der Waals surface area contributed by atoms with E-state index in [2.05, 4.69) is 31.7 Å². The number of anilines is 1. The van der Waals surface area contributed by atoms with Crippen LogP contribution in [0.3, 0.4) is 0 Å². The average Bonchev–Trinajstić information content (AvgIpc) is 3.36. The molecule has 3 aromatic rings. The van der Waals surface area contributed by atoms with Crippen molar-refractivity contribution in [2.45, 2.75) is 32.9 Å². The molecule has 0 aliphatic carbocycles. The number of para-hydroxylation sites is 1. The summed E-state index contributed by atoms with van der Waals surface area (Å²) >= 11 is 0. The second-order valence-electron chi connectivity index (χ2n) is 7.20. The number of hydrogen-bond acceptors (Lipinski definition) is 5. The number of tetrazole rings is 1.